The van der Waals surface area contributed by atoms with Gasteiger partial charge in [-0.05, 0) is 31.2 Å². The zero-order valence-corrected chi connectivity index (χ0v) is 16.6. The number of benzene rings is 1. The van der Waals surface area contributed by atoms with Crippen LogP contribution in [0, 0.1) is 17.1 Å². The highest BCUT2D eigenvalue weighted by Crippen LogP contribution is 2.41. The lowest BCUT2D eigenvalue weighted by Crippen LogP contribution is -2.46. The molecule has 162 valence electrons. The predicted molar refractivity (Wildman–Crippen MR) is 103 cm³/mol. The van der Waals surface area contributed by atoms with Crippen LogP contribution in [0.5, 0.6) is 0 Å². The van der Waals surface area contributed by atoms with E-state index in [4.69, 9.17) is 22.6 Å². The van der Waals surface area contributed by atoms with Gasteiger partial charge in [-0.25, -0.2) is 14.4 Å². The number of aromatic nitrogens is 1. The highest BCUT2D eigenvalue weighted by atomic mass is 35.5. The minimum Gasteiger partial charge on any atom is -0.452 e. The lowest BCUT2D eigenvalue weighted by atomic mass is 9.85. The number of hydrogen-bond donors (Lipinski definition) is 2. The number of pyridine rings is 1. The van der Waals surface area contributed by atoms with Gasteiger partial charge in [0.15, 0.2) is 6.10 Å². The number of anilines is 1. The van der Waals surface area contributed by atoms with E-state index in [9.17, 15) is 22.4 Å². The molecule has 3 N–H and O–H groups in total. The molecular formula is C19H14ClF4N5O2. The van der Waals surface area contributed by atoms with Crippen molar-refractivity contribution in [1.82, 2.24) is 4.98 Å². The van der Waals surface area contributed by atoms with Gasteiger partial charge in [-0.1, -0.05) is 11.6 Å². The van der Waals surface area contributed by atoms with E-state index in [0.717, 1.165) is 18.3 Å². The Morgan fingerprint density at radius 2 is 2.13 bits per heavy atom. The maximum Gasteiger partial charge on any atom is 0.425 e. The van der Waals surface area contributed by atoms with Gasteiger partial charge >= 0.3 is 6.18 Å². The van der Waals surface area contributed by atoms with Crippen molar-refractivity contribution in [3.63, 3.8) is 0 Å². The van der Waals surface area contributed by atoms with Gasteiger partial charge in [-0.3, -0.25) is 4.79 Å². The van der Waals surface area contributed by atoms with Crippen molar-refractivity contribution in [1.29, 1.82) is 5.26 Å². The fourth-order valence-electron chi connectivity index (χ4n) is 3.09. The van der Waals surface area contributed by atoms with Crippen LogP contribution in [0.2, 0.25) is 5.02 Å². The van der Waals surface area contributed by atoms with E-state index in [-0.39, 0.29) is 27.5 Å². The summed E-state index contributed by atoms with van der Waals surface area (Å²) in [7, 11) is 0. The number of nitrogens with two attached hydrogens (primary N) is 1. The summed E-state index contributed by atoms with van der Waals surface area (Å²) < 4.78 is 58.6. The Hall–Kier alpha value is -3.39. The average molecular weight is 456 g/mol. The maximum absolute atomic E-state index is 14.5. The number of nitrogens with one attached hydrogen (secondary N) is 1. The second kappa shape index (κ2) is 8.03. The molecule has 7 nitrogen and oxygen atoms in total. The number of carbonyl (C=O) groups is 1. The Balaban J connectivity index is 1.93. The first kappa shape index (κ1) is 22.3. The van der Waals surface area contributed by atoms with Crippen LogP contribution in [0.4, 0.5) is 23.2 Å². The molecule has 2 heterocycles. The van der Waals surface area contributed by atoms with Crippen molar-refractivity contribution in [2.45, 2.75) is 31.2 Å². The molecule has 0 saturated carbocycles. The number of alkyl halides is 3. The largest absolute Gasteiger partial charge is 0.452 e. The summed E-state index contributed by atoms with van der Waals surface area (Å²) in [6, 6.07) is 5.69. The Bertz CT molecular complexity index is 1120. The molecule has 2 aromatic rings. The summed E-state index contributed by atoms with van der Waals surface area (Å²) in [6.45, 7) is 1.28. The van der Waals surface area contributed by atoms with Gasteiger partial charge < -0.3 is 15.8 Å². The van der Waals surface area contributed by atoms with Crippen molar-refractivity contribution in [2.75, 3.05) is 5.32 Å². The number of rotatable bonds is 3. The van der Waals surface area contributed by atoms with Gasteiger partial charge in [0.05, 0.1) is 16.1 Å². The second-order valence-electron chi connectivity index (χ2n) is 6.89. The first-order chi connectivity index (χ1) is 14.4. The van der Waals surface area contributed by atoms with E-state index in [0.29, 0.717) is 0 Å². The minimum absolute atomic E-state index is 0.0636. The van der Waals surface area contributed by atoms with E-state index < -0.39 is 42.0 Å². The SMILES string of the molecule is C[C@@]1(c2cc(NC(=O)c3ncc(C#N)cc3Cl)ccc2F)C[C@@H](C(F)(F)F)OC(N)=N1. The molecule has 0 saturated heterocycles. The molecule has 3 rings (SSSR count). The highest BCUT2D eigenvalue weighted by Gasteiger charge is 2.50. The van der Waals surface area contributed by atoms with Gasteiger partial charge in [0.1, 0.15) is 17.6 Å². The summed E-state index contributed by atoms with van der Waals surface area (Å²) in [4.78, 5) is 20.2. The minimum atomic E-state index is -4.73. The molecule has 1 aliphatic heterocycles. The number of halogens is 5. The molecule has 1 aromatic heterocycles. The van der Waals surface area contributed by atoms with Gasteiger partial charge in [-0.15, -0.1) is 0 Å². The molecule has 0 aliphatic carbocycles. The first-order valence-corrected chi connectivity index (χ1v) is 9.06. The molecule has 31 heavy (non-hydrogen) atoms. The molecular weight excluding hydrogens is 442 g/mol. The number of hydrogen-bond acceptors (Lipinski definition) is 6. The molecule has 1 aliphatic rings. The number of ether oxygens (including phenoxy) is 1. The Labute approximate surface area is 178 Å². The highest BCUT2D eigenvalue weighted by molar-refractivity contribution is 6.34. The van der Waals surface area contributed by atoms with Crippen LogP contribution >= 0.6 is 11.6 Å². The van der Waals surface area contributed by atoms with Crippen molar-refractivity contribution in [3.05, 3.63) is 58.1 Å². The van der Waals surface area contributed by atoms with Crippen LogP contribution < -0.4 is 11.1 Å². The Kier molecular flexibility index (Phi) is 5.78. The molecule has 0 radical (unpaired) electrons. The van der Waals surface area contributed by atoms with Crippen LogP contribution in [-0.2, 0) is 10.3 Å². The fourth-order valence-corrected chi connectivity index (χ4v) is 3.34. The monoisotopic (exact) mass is 455 g/mol. The quantitative estimate of drug-likeness (QED) is 0.682. The van der Waals surface area contributed by atoms with E-state index in [1.54, 1.807) is 0 Å². The van der Waals surface area contributed by atoms with Crippen molar-refractivity contribution in [2.24, 2.45) is 10.7 Å². The summed E-state index contributed by atoms with van der Waals surface area (Å²) in [5.41, 5.74) is 3.51. The standard InChI is InChI=1S/C19H14ClF4N5O2/c1-18(6-14(19(22,23)24)31-17(26)29-18)11-5-10(2-3-13(11)21)28-16(30)15-12(20)4-9(7-25)8-27-15/h2-5,8,14H,6H2,1H3,(H2,26,29)(H,28,30)/t14-,18-/m0/s1. The number of aliphatic imine (C=N–C) groups is 1. The summed E-state index contributed by atoms with van der Waals surface area (Å²) >= 11 is 5.96. The summed E-state index contributed by atoms with van der Waals surface area (Å²) in [5, 5.41) is 11.2. The van der Waals surface area contributed by atoms with Crippen molar-refractivity contribution < 1.29 is 27.1 Å². The van der Waals surface area contributed by atoms with Gasteiger partial charge in [0.2, 0.25) is 0 Å². The third-order valence-corrected chi connectivity index (χ3v) is 4.85. The topological polar surface area (TPSA) is 113 Å². The summed E-state index contributed by atoms with van der Waals surface area (Å²) in [6.07, 6.45) is -6.57. The maximum atomic E-state index is 14.5. The lowest BCUT2D eigenvalue weighted by Gasteiger charge is -2.36. The molecule has 0 unspecified atom stereocenters. The van der Waals surface area contributed by atoms with E-state index >= 15 is 0 Å². The van der Waals surface area contributed by atoms with Gasteiger partial charge in [0, 0.05) is 23.9 Å². The van der Waals surface area contributed by atoms with Crippen LogP contribution in [0.25, 0.3) is 0 Å². The third kappa shape index (κ3) is 4.69. The van der Waals surface area contributed by atoms with Crippen LogP contribution in [0.15, 0.2) is 35.5 Å². The second-order valence-corrected chi connectivity index (χ2v) is 7.30. The Morgan fingerprint density at radius 1 is 1.42 bits per heavy atom. The zero-order chi connectivity index (χ0) is 23.0. The lowest BCUT2D eigenvalue weighted by molar-refractivity contribution is -0.208. The zero-order valence-electron chi connectivity index (χ0n) is 15.8. The first-order valence-electron chi connectivity index (χ1n) is 8.68. The van der Waals surface area contributed by atoms with E-state index in [1.807, 2.05) is 6.07 Å². The molecule has 1 amide bonds. The normalized spacial score (nSPS) is 20.9. The smallest absolute Gasteiger partial charge is 0.425 e. The molecule has 12 heteroatoms. The van der Waals surface area contributed by atoms with Crippen LogP contribution in [0.1, 0.15) is 35.0 Å². The predicted octanol–water partition coefficient (Wildman–Crippen LogP) is 3.88. The Morgan fingerprint density at radius 3 is 2.74 bits per heavy atom. The van der Waals surface area contributed by atoms with Crippen LogP contribution in [0.3, 0.4) is 0 Å². The molecule has 1 aromatic carbocycles. The summed E-state index contributed by atoms with van der Waals surface area (Å²) in [5.74, 6) is -1.60. The molecule has 0 fully saturated rings. The fraction of sp³-hybridized carbons (Fsp3) is 0.263. The van der Waals surface area contributed by atoms with E-state index in [2.05, 4.69) is 20.0 Å². The number of nitriles is 1. The molecule has 0 spiro atoms. The van der Waals surface area contributed by atoms with Crippen molar-refractivity contribution in [3.8, 4) is 6.07 Å². The molecule has 2 atom stereocenters. The number of carbonyl (C=O) groups excluding carboxylic acids is 1. The van der Waals surface area contributed by atoms with Gasteiger partial charge in [0.25, 0.3) is 11.9 Å². The van der Waals surface area contributed by atoms with Crippen LogP contribution in [-0.4, -0.2) is 29.2 Å². The van der Waals surface area contributed by atoms with E-state index in [1.165, 1.54) is 19.1 Å². The third-order valence-electron chi connectivity index (χ3n) is 4.56. The van der Waals surface area contributed by atoms with Gasteiger partial charge in [-0.2, -0.15) is 18.4 Å². The van der Waals surface area contributed by atoms with Crippen molar-refractivity contribution >= 4 is 29.2 Å². The number of amidine groups is 1. The molecule has 0 bridgehead atoms. The average Bonchev–Trinajstić information content (AvgIpc) is 2.67. The number of nitrogens with zero attached hydrogens (tertiary/aromatic N) is 3. The number of amides is 1.